The first kappa shape index (κ1) is 4.19. The van der Waals surface area contributed by atoms with Crippen LogP contribution in [0.5, 0.6) is 0 Å². The van der Waals surface area contributed by atoms with Crippen molar-refractivity contribution in [1.82, 2.24) is 0 Å². The van der Waals surface area contributed by atoms with Gasteiger partial charge in [0.15, 0.2) is 0 Å². The van der Waals surface area contributed by atoms with Crippen LogP contribution in [0.3, 0.4) is 0 Å². The largest absolute Gasteiger partial charge is 0.465 e. The summed E-state index contributed by atoms with van der Waals surface area (Å²) in [4.78, 5) is 0. The lowest BCUT2D eigenvalue weighted by molar-refractivity contribution is 0.533. The van der Waals surface area contributed by atoms with Gasteiger partial charge < -0.3 is 4.42 Å². The Kier molecular flexibility index (Phi) is 0.754. The first-order valence-corrected chi connectivity index (χ1v) is 2.02. The molecule has 1 heteroatoms. The zero-order chi connectivity index (χ0) is 5.28. The first-order chi connectivity index (χ1) is 3.30. The third-order valence-electron chi connectivity index (χ3n) is 0.838. The van der Waals surface area contributed by atoms with E-state index in [1.165, 1.54) is 0 Å². The molecule has 0 radical (unpaired) electrons. The van der Waals surface area contributed by atoms with Crippen molar-refractivity contribution in [2.24, 2.45) is 0 Å². The second kappa shape index (κ2) is 1.26. The van der Waals surface area contributed by atoms with Gasteiger partial charge >= 0.3 is 0 Å². The Morgan fingerprint density at radius 1 is 1.43 bits per heavy atom. The van der Waals surface area contributed by atoms with Crippen LogP contribution in [0, 0.1) is 0 Å². The maximum Gasteiger partial charge on any atom is 0.126 e. The molecule has 1 rings (SSSR count). The summed E-state index contributed by atoms with van der Waals surface area (Å²) in [7, 11) is 0. The van der Waals surface area contributed by atoms with Gasteiger partial charge in [-0.15, -0.1) is 0 Å². The zero-order valence-corrected chi connectivity index (χ0v) is 3.98. The molecule has 0 N–H and O–H groups in total. The number of rotatable bonds is 0. The SMILES string of the molecule is C=c1ccoc1=C. The average molecular weight is 94.1 g/mol. The number of hydrogen-bond acceptors (Lipinski definition) is 1. The lowest BCUT2D eigenvalue weighted by atomic mass is 10.5. The Morgan fingerprint density at radius 2 is 2.14 bits per heavy atom. The molecule has 0 spiro atoms. The fourth-order valence-corrected chi connectivity index (χ4v) is 0.367. The minimum absolute atomic E-state index is 0.653. The van der Waals surface area contributed by atoms with Crippen LogP contribution in [0.4, 0.5) is 0 Å². The molecule has 0 aliphatic carbocycles. The van der Waals surface area contributed by atoms with E-state index in [9.17, 15) is 0 Å². The van der Waals surface area contributed by atoms with Gasteiger partial charge in [-0.1, -0.05) is 13.2 Å². The molecule has 7 heavy (non-hydrogen) atoms. The van der Waals surface area contributed by atoms with Gasteiger partial charge in [0.05, 0.1) is 6.26 Å². The highest BCUT2D eigenvalue weighted by Crippen LogP contribution is 1.61. The summed E-state index contributed by atoms with van der Waals surface area (Å²) in [5, 5.41) is 0.861. The van der Waals surface area contributed by atoms with Crippen molar-refractivity contribution in [3.05, 3.63) is 23.0 Å². The standard InChI is InChI=1S/C6H6O/c1-5-3-4-7-6(5)2/h3-4H,1-2H2. The molecule has 1 aromatic rings. The molecule has 0 aliphatic rings. The van der Waals surface area contributed by atoms with E-state index >= 15 is 0 Å². The van der Waals surface area contributed by atoms with Crippen molar-refractivity contribution in [3.8, 4) is 0 Å². The molecule has 1 aromatic heterocycles. The first-order valence-electron chi connectivity index (χ1n) is 2.02. The fraction of sp³-hybridized carbons (Fsp3) is 0. The van der Waals surface area contributed by atoms with E-state index in [0.717, 1.165) is 5.22 Å². The number of hydrogen-bond donors (Lipinski definition) is 0. The van der Waals surface area contributed by atoms with Crippen molar-refractivity contribution in [2.45, 2.75) is 0 Å². The van der Waals surface area contributed by atoms with Gasteiger partial charge in [-0.2, -0.15) is 0 Å². The van der Waals surface area contributed by atoms with E-state index in [1.54, 1.807) is 12.3 Å². The van der Waals surface area contributed by atoms with Gasteiger partial charge in [-0.05, 0) is 6.07 Å². The predicted molar refractivity (Wildman–Crippen MR) is 29.0 cm³/mol. The minimum Gasteiger partial charge on any atom is -0.465 e. The Bertz CT molecular complexity index is 208. The molecule has 0 unspecified atom stereocenters. The summed E-state index contributed by atoms with van der Waals surface area (Å²) >= 11 is 0. The molecule has 36 valence electrons. The van der Waals surface area contributed by atoms with Crippen LogP contribution in [0.25, 0.3) is 13.2 Å². The molecular formula is C6H6O. The van der Waals surface area contributed by atoms with Crippen molar-refractivity contribution < 1.29 is 4.42 Å². The summed E-state index contributed by atoms with van der Waals surface area (Å²) in [5.41, 5.74) is 0.653. The minimum atomic E-state index is 0.653. The molecule has 0 aromatic carbocycles. The second-order valence-electron chi connectivity index (χ2n) is 1.37. The van der Waals surface area contributed by atoms with E-state index in [4.69, 9.17) is 4.42 Å². The van der Waals surface area contributed by atoms with Crippen LogP contribution in [-0.2, 0) is 0 Å². The highest BCUT2D eigenvalue weighted by atomic mass is 16.3. The molecule has 1 heterocycles. The Balaban J connectivity index is 3.71. The molecular weight excluding hydrogens is 88.1 g/mol. The lowest BCUT2D eigenvalue weighted by Crippen LogP contribution is -2.13. The predicted octanol–water partition coefficient (Wildman–Crippen LogP) is 0.100. The van der Waals surface area contributed by atoms with Crippen LogP contribution in [0.2, 0.25) is 0 Å². The van der Waals surface area contributed by atoms with Crippen molar-refractivity contribution >= 4 is 13.2 Å². The Hall–Kier alpha value is -0.980. The summed E-state index contributed by atoms with van der Waals surface area (Å²) < 4.78 is 4.79. The van der Waals surface area contributed by atoms with Crippen molar-refractivity contribution in [2.75, 3.05) is 0 Å². The van der Waals surface area contributed by atoms with Gasteiger partial charge in [0.2, 0.25) is 0 Å². The normalized spacial score (nSPS) is 9.14. The lowest BCUT2D eigenvalue weighted by Gasteiger charge is -1.61. The quantitative estimate of drug-likeness (QED) is 0.444. The zero-order valence-electron chi connectivity index (χ0n) is 3.98. The second-order valence-corrected chi connectivity index (χ2v) is 1.37. The van der Waals surface area contributed by atoms with Gasteiger partial charge in [-0.3, -0.25) is 0 Å². The molecule has 1 nitrogen and oxygen atoms in total. The van der Waals surface area contributed by atoms with Crippen LogP contribution in [0.15, 0.2) is 16.7 Å². The van der Waals surface area contributed by atoms with E-state index < -0.39 is 0 Å². The van der Waals surface area contributed by atoms with E-state index in [-0.39, 0.29) is 0 Å². The summed E-state index contributed by atoms with van der Waals surface area (Å²) in [6, 6.07) is 1.78. The van der Waals surface area contributed by atoms with Gasteiger partial charge in [-0.25, -0.2) is 0 Å². The van der Waals surface area contributed by atoms with E-state index in [0.29, 0.717) is 5.42 Å². The highest BCUT2D eigenvalue weighted by Gasteiger charge is 1.74. The molecule has 0 bridgehead atoms. The summed E-state index contributed by atoms with van der Waals surface area (Å²) in [6.07, 6.45) is 1.57. The molecule has 0 saturated carbocycles. The third-order valence-corrected chi connectivity index (χ3v) is 0.838. The molecule has 0 fully saturated rings. The molecule has 0 saturated heterocycles. The molecule has 0 atom stereocenters. The summed E-state index contributed by atoms with van der Waals surface area (Å²) in [6.45, 7) is 7.17. The Labute approximate surface area is 41.6 Å². The summed E-state index contributed by atoms with van der Waals surface area (Å²) in [5.74, 6) is 0. The maximum atomic E-state index is 4.79. The third kappa shape index (κ3) is 0.563. The van der Waals surface area contributed by atoms with Crippen LogP contribution >= 0.6 is 0 Å². The molecule has 0 amide bonds. The average Bonchev–Trinajstić information content (AvgIpc) is 1.91. The van der Waals surface area contributed by atoms with Crippen LogP contribution in [0.1, 0.15) is 0 Å². The topological polar surface area (TPSA) is 13.1 Å². The number of furan rings is 1. The van der Waals surface area contributed by atoms with Crippen molar-refractivity contribution in [3.63, 3.8) is 0 Å². The van der Waals surface area contributed by atoms with Crippen LogP contribution in [-0.4, -0.2) is 0 Å². The van der Waals surface area contributed by atoms with Gasteiger partial charge in [0.1, 0.15) is 5.42 Å². The fourth-order valence-electron chi connectivity index (χ4n) is 0.367. The Morgan fingerprint density at radius 3 is 2.29 bits per heavy atom. The van der Waals surface area contributed by atoms with Crippen molar-refractivity contribution in [1.29, 1.82) is 0 Å². The van der Waals surface area contributed by atoms with Crippen LogP contribution < -0.4 is 10.6 Å². The monoisotopic (exact) mass is 94.0 g/mol. The van der Waals surface area contributed by atoms with Gasteiger partial charge in [0, 0.05) is 5.22 Å². The van der Waals surface area contributed by atoms with E-state index in [2.05, 4.69) is 13.2 Å². The van der Waals surface area contributed by atoms with E-state index in [1.807, 2.05) is 0 Å². The molecule has 0 aliphatic heterocycles. The highest BCUT2D eigenvalue weighted by molar-refractivity contribution is 5.06. The smallest absolute Gasteiger partial charge is 0.126 e. The van der Waals surface area contributed by atoms with Gasteiger partial charge in [0.25, 0.3) is 0 Å². The maximum absolute atomic E-state index is 4.79.